The van der Waals surface area contributed by atoms with E-state index in [9.17, 15) is 22.4 Å². The number of carbonyl (C=O) groups excluding carboxylic acids is 1. The fourth-order valence-electron chi connectivity index (χ4n) is 1.32. The number of benzene rings is 1. The van der Waals surface area contributed by atoms with Gasteiger partial charge in [0.05, 0.1) is 17.7 Å². The lowest BCUT2D eigenvalue weighted by molar-refractivity contribution is -0.137. The van der Waals surface area contributed by atoms with E-state index in [-0.39, 0.29) is 13.2 Å². The van der Waals surface area contributed by atoms with Gasteiger partial charge in [0.1, 0.15) is 5.82 Å². The summed E-state index contributed by atoms with van der Waals surface area (Å²) in [4.78, 5) is 12.6. The van der Waals surface area contributed by atoms with Crippen molar-refractivity contribution in [3.63, 3.8) is 0 Å². The minimum absolute atomic E-state index is 0.0888. The quantitative estimate of drug-likeness (QED) is 0.848. The van der Waals surface area contributed by atoms with Gasteiger partial charge >= 0.3 is 6.18 Å². The Hall–Kier alpha value is -1.63. The molecule has 18 heavy (non-hydrogen) atoms. The number of carbonyl (C=O) groups is 1. The van der Waals surface area contributed by atoms with Crippen LogP contribution in [0.1, 0.15) is 15.9 Å². The van der Waals surface area contributed by atoms with Crippen LogP contribution >= 0.6 is 0 Å². The van der Waals surface area contributed by atoms with Gasteiger partial charge in [0.15, 0.2) is 0 Å². The molecule has 0 aromatic heterocycles. The topological polar surface area (TPSA) is 40.5 Å². The smallest absolute Gasteiger partial charge is 0.395 e. The number of amides is 1. The first-order valence-corrected chi connectivity index (χ1v) is 5.00. The standard InChI is InChI=1S/C11H11F4NO2/c1-16(4-5-17)10(18)8-6-7(11(13,14)15)2-3-9(8)12/h2-3,6,17H,4-5H2,1H3. The summed E-state index contributed by atoms with van der Waals surface area (Å²) in [6.45, 7) is -0.447. The number of hydrogen-bond donors (Lipinski definition) is 1. The molecule has 0 aliphatic heterocycles. The van der Waals surface area contributed by atoms with Gasteiger partial charge < -0.3 is 10.0 Å². The van der Waals surface area contributed by atoms with E-state index >= 15 is 0 Å². The maximum absolute atomic E-state index is 13.3. The predicted molar refractivity (Wildman–Crippen MR) is 55.4 cm³/mol. The highest BCUT2D eigenvalue weighted by atomic mass is 19.4. The molecule has 1 amide bonds. The highest BCUT2D eigenvalue weighted by Gasteiger charge is 2.32. The second-order valence-electron chi connectivity index (χ2n) is 3.64. The molecule has 0 fully saturated rings. The number of alkyl halides is 3. The lowest BCUT2D eigenvalue weighted by atomic mass is 10.1. The number of likely N-dealkylation sites (N-methyl/N-ethyl adjacent to an activating group) is 1. The van der Waals surface area contributed by atoms with E-state index in [0.717, 1.165) is 4.90 Å². The van der Waals surface area contributed by atoms with Crippen LogP contribution in [0.4, 0.5) is 17.6 Å². The van der Waals surface area contributed by atoms with Gasteiger partial charge in [-0.05, 0) is 18.2 Å². The molecule has 0 atom stereocenters. The molecule has 0 saturated heterocycles. The molecule has 1 aromatic carbocycles. The van der Waals surface area contributed by atoms with Crippen molar-refractivity contribution in [1.29, 1.82) is 0 Å². The summed E-state index contributed by atoms with van der Waals surface area (Å²) < 4.78 is 50.6. The van der Waals surface area contributed by atoms with Gasteiger partial charge in [-0.15, -0.1) is 0 Å². The van der Waals surface area contributed by atoms with E-state index in [1.807, 2.05) is 0 Å². The number of aliphatic hydroxyl groups is 1. The average molecular weight is 265 g/mol. The third kappa shape index (κ3) is 3.19. The fourth-order valence-corrected chi connectivity index (χ4v) is 1.32. The van der Waals surface area contributed by atoms with Crippen LogP contribution in [0.15, 0.2) is 18.2 Å². The fraction of sp³-hybridized carbons (Fsp3) is 0.364. The monoisotopic (exact) mass is 265 g/mol. The summed E-state index contributed by atoms with van der Waals surface area (Å²) in [6, 6.07) is 1.63. The zero-order valence-electron chi connectivity index (χ0n) is 9.46. The molecule has 0 unspecified atom stereocenters. The zero-order valence-corrected chi connectivity index (χ0v) is 9.46. The predicted octanol–water partition coefficient (Wildman–Crippen LogP) is 1.91. The lowest BCUT2D eigenvalue weighted by Gasteiger charge is -2.17. The second-order valence-corrected chi connectivity index (χ2v) is 3.64. The first-order chi connectivity index (χ1) is 8.27. The summed E-state index contributed by atoms with van der Waals surface area (Å²) in [6.07, 6.45) is -4.64. The summed E-state index contributed by atoms with van der Waals surface area (Å²) in [5, 5.41) is 8.62. The molecule has 0 aliphatic carbocycles. The SMILES string of the molecule is CN(CCO)C(=O)c1cc(C(F)(F)F)ccc1F. The highest BCUT2D eigenvalue weighted by Crippen LogP contribution is 2.30. The molecule has 0 heterocycles. The zero-order chi connectivity index (χ0) is 13.9. The summed E-state index contributed by atoms with van der Waals surface area (Å²) in [7, 11) is 1.26. The van der Waals surface area contributed by atoms with Crippen molar-refractivity contribution in [3.8, 4) is 0 Å². The summed E-state index contributed by atoms with van der Waals surface area (Å²) in [5.41, 5.74) is -1.76. The van der Waals surface area contributed by atoms with E-state index < -0.39 is 29.0 Å². The largest absolute Gasteiger partial charge is 0.416 e. The van der Waals surface area contributed by atoms with Crippen LogP contribution in [-0.4, -0.2) is 36.1 Å². The van der Waals surface area contributed by atoms with Crippen LogP contribution in [0.3, 0.4) is 0 Å². The number of rotatable bonds is 3. The average Bonchev–Trinajstić information content (AvgIpc) is 2.27. The van der Waals surface area contributed by atoms with Gasteiger partial charge in [0.2, 0.25) is 0 Å². The Morgan fingerprint density at radius 3 is 2.50 bits per heavy atom. The van der Waals surface area contributed by atoms with Crippen molar-refractivity contribution in [2.45, 2.75) is 6.18 Å². The van der Waals surface area contributed by atoms with Gasteiger partial charge in [0, 0.05) is 13.6 Å². The van der Waals surface area contributed by atoms with Crippen LogP contribution < -0.4 is 0 Å². The molecule has 3 nitrogen and oxygen atoms in total. The van der Waals surface area contributed by atoms with Crippen molar-refractivity contribution in [1.82, 2.24) is 4.90 Å². The van der Waals surface area contributed by atoms with E-state index in [2.05, 4.69) is 0 Å². The molecule has 100 valence electrons. The van der Waals surface area contributed by atoms with Crippen molar-refractivity contribution >= 4 is 5.91 Å². The summed E-state index contributed by atoms with van der Waals surface area (Å²) >= 11 is 0. The molecule has 1 aromatic rings. The molecule has 1 N–H and O–H groups in total. The molecular formula is C11H11F4NO2. The third-order valence-corrected chi connectivity index (χ3v) is 2.31. The molecule has 0 spiro atoms. The van der Waals surface area contributed by atoms with Crippen molar-refractivity contribution in [3.05, 3.63) is 35.1 Å². The molecule has 1 rings (SSSR count). The Kier molecular flexibility index (Phi) is 4.28. The van der Waals surface area contributed by atoms with Crippen LogP contribution in [0, 0.1) is 5.82 Å². The van der Waals surface area contributed by atoms with E-state index in [1.165, 1.54) is 7.05 Å². The molecular weight excluding hydrogens is 254 g/mol. The van der Waals surface area contributed by atoms with Crippen LogP contribution in [0.2, 0.25) is 0 Å². The Labute approximate surface area is 101 Å². The molecule has 0 saturated carbocycles. The van der Waals surface area contributed by atoms with Crippen molar-refractivity contribution in [2.75, 3.05) is 20.2 Å². The second kappa shape index (κ2) is 5.34. The van der Waals surface area contributed by atoms with Crippen LogP contribution in [0.5, 0.6) is 0 Å². The minimum Gasteiger partial charge on any atom is -0.395 e. The summed E-state index contributed by atoms with van der Waals surface area (Å²) in [5.74, 6) is -1.94. The first-order valence-electron chi connectivity index (χ1n) is 5.00. The van der Waals surface area contributed by atoms with Crippen molar-refractivity contribution < 1.29 is 27.5 Å². The number of hydrogen-bond acceptors (Lipinski definition) is 2. The Balaban J connectivity index is 3.12. The van der Waals surface area contributed by atoms with E-state index in [4.69, 9.17) is 5.11 Å². The van der Waals surface area contributed by atoms with Gasteiger partial charge in [-0.3, -0.25) is 4.79 Å². The van der Waals surface area contributed by atoms with Crippen molar-refractivity contribution in [2.24, 2.45) is 0 Å². The number of nitrogens with zero attached hydrogens (tertiary/aromatic N) is 1. The number of halogens is 4. The van der Waals surface area contributed by atoms with Crippen LogP contribution in [0.25, 0.3) is 0 Å². The van der Waals surface area contributed by atoms with Gasteiger partial charge in [-0.1, -0.05) is 0 Å². The lowest BCUT2D eigenvalue weighted by Crippen LogP contribution is -2.30. The molecule has 0 bridgehead atoms. The highest BCUT2D eigenvalue weighted by molar-refractivity contribution is 5.94. The Morgan fingerprint density at radius 2 is 2.00 bits per heavy atom. The maximum atomic E-state index is 13.3. The van der Waals surface area contributed by atoms with Gasteiger partial charge in [-0.25, -0.2) is 4.39 Å². The third-order valence-electron chi connectivity index (χ3n) is 2.31. The molecule has 0 radical (unpaired) electrons. The normalized spacial score (nSPS) is 11.4. The van der Waals surface area contributed by atoms with Gasteiger partial charge in [0.25, 0.3) is 5.91 Å². The first kappa shape index (κ1) is 14.4. The molecule has 7 heteroatoms. The van der Waals surface area contributed by atoms with Crippen LogP contribution in [-0.2, 0) is 6.18 Å². The number of aliphatic hydroxyl groups excluding tert-OH is 1. The maximum Gasteiger partial charge on any atom is 0.416 e. The van der Waals surface area contributed by atoms with E-state index in [1.54, 1.807) is 0 Å². The minimum atomic E-state index is -4.64. The van der Waals surface area contributed by atoms with Gasteiger partial charge in [-0.2, -0.15) is 13.2 Å². The Bertz CT molecular complexity index is 445. The Morgan fingerprint density at radius 1 is 1.39 bits per heavy atom. The van der Waals surface area contributed by atoms with E-state index in [0.29, 0.717) is 18.2 Å². The molecule has 0 aliphatic rings.